The molecule has 1 aromatic carbocycles. The lowest BCUT2D eigenvalue weighted by molar-refractivity contribution is -0.145. The second-order valence-electron chi connectivity index (χ2n) is 4.05. The molecule has 0 aliphatic rings. The second-order valence-corrected chi connectivity index (χ2v) is 4.05. The summed E-state index contributed by atoms with van der Waals surface area (Å²) in [5.41, 5.74) is 0.212. The van der Waals surface area contributed by atoms with Gasteiger partial charge in [0.15, 0.2) is 0 Å². The van der Waals surface area contributed by atoms with Crippen molar-refractivity contribution in [1.29, 1.82) is 0 Å². The number of hydrogen-bond acceptors (Lipinski definition) is 2. The van der Waals surface area contributed by atoms with E-state index in [0.717, 1.165) is 12.0 Å². The van der Waals surface area contributed by atoms with Crippen LogP contribution in [0.4, 0.5) is 0 Å². The highest BCUT2D eigenvalue weighted by molar-refractivity contribution is 5.79. The molecule has 0 saturated carbocycles. The Balaban J connectivity index is 2.90. The Morgan fingerprint density at radius 1 is 1.38 bits per heavy atom. The minimum Gasteiger partial charge on any atom is -0.480 e. The van der Waals surface area contributed by atoms with Crippen LogP contribution in [-0.2, 0) is 11.2 Å². The molecule has 1 aromatic rings. The Hall–Kier alpha value is -1.35. The van der Waals surface area contributed by atoms with Crippen molar-refractivity contribution in [2.45, 2.75) is 31.7 Å². The highest BCUT2D eigenvalue weighted by Crippen LogP contribution is 2.19. The maximum absolute atomic E-state index is 11.4. The number of rotatable bonds is 6. The Morgan fingerprint density at radius 2 is 2.00 bits per heavy atom. The van der Waals surface area contributed by atoms with Gasteiger partial charge < -0.3 is 10.4 Å². The smallest absolute Gasteiger partial charge is 0.324 e. The van der Waals surface area contributed by atoms with Crippen LogP contribution in [0, 0.1) is 0 Å². The van der Waals surface area contributed by atoms with Gasteiger partial charge in [0.05, 0.1) is 0 Å². The van der Waals surface area contributed by atoms with E-state index in [1.165, 1.54) is 0 Å². The van der Waals surface area contributed by atoms with Gasteiger partial charge in [0.1, 0.15) is 5.54 Å². The van der Waals surface area contributed by atoms with E-state index in [-0.39, 0.29) is 0 Å². The summed E-state index contributed by atoms with van der Waals surface area (Å²) in [4.78, 5) is 11.4. The fourth-order valence-electron chi connectivity index (χ4n) is 1.96. The second kappa shape index (κ2) is 5.66. The van der Waals surface area contributed by atoms with Gasteiger partial charge in [0, 0.05) is 6.42 Å². The first kappa shape index (κ1) is 12.7. The van der Waals surface area contributed by atoms with Crippen LogP contribution in [0.5, 0.6) is 0 Å². The van der Waals surface area contributed by atoms with E-state index in [9.17, 15) is 9.90 Å². The molecule has 0 radical (unpaired) electrons. The molecule has 3 heteroatoms. The summed E-state index contributed by atoms with van der Waals surface area (Å²) in [5, 5.41) is 12.3. The van der Waals surface area contributed by atoms with Crippen LogP contribution in [0.1, 0.15) is 25.3 Å². The third-order valence-corrected chi connectivity index (χ3v) is 2.91. The summed E-state index contributed by atoms with van der Waals surface area (Å²) in [7, 11) is 1.72. The summed E-state index contributed by atoms with van der Waals surface area (Å²) in [6, 6.07) is 9.73. The molecule has 0 heterocycles. The van der Waals surface area contributed by atoms with Gasteiger partial charge in [-0.05, 0) is 19.0 Å². The van der Waals surface area contributed by atoms with Gasteiger partial charge in [0.25, 0.3) is 0 Å². The monoisotopic (exact) mass is 221 g/mol. The predicted molar refractivity (Wildman–Crippen MR) is 64.5 cm³/mol. The maximum Gasteiger partial charge on any atom is 0.324 e. The molecule has 0 spiro atoms. The number of aliphatic carboxylic acids is 1. The van der Waals surface area contributed by atoms with Crippen molar-refractivity contribution in [1.82, 2.24) is 5.32 Å². The van der Waals surface area contributed by atoms with E-state index in [1.54, 1.807) is 7.05 Å². The number of carbonyl (C=O) groups is 1. The lowest BCUT2D eigenvalue weighted by Gasteiger charge is -2.28. The van der Waals surface area contributed by atoms with Gasteiger partial charge in [0.2, 0.25) is 0 Å². The normalized spacial score (nSPS) is 14.4. The van der Waals surface area contributed by atoms with E-state index < -0.39 is 11.5 Å². The lowest BCUT2D eigenvalue weighted by Crippen LogP contribution is -2.52. The molecule has 3 nitrogen and oxygen atoms in total. The zero-order chi connectivity index (χ0) is 12.0. The first-order valence-electron chi connectivity index (χ1n) is 5.61. The van der Waals surface area contributed by atoms with Crippen LogP contribution in [0.2, 0.25) is 0 Å². The van der Waals surface area contributed by atoms with Gasteiger partial charge in [-0.25, -0.2) is 0 Å². The fourth-order valence-corrected chi connectivity index (χ4v) is 1.96. The number of likely N-dealkylation sites (N-methyl/N-ethyl adjacent to an activating group) is 1. The summed E-state index contributed by atoms with van der Waals surface area (Å²) in [6.07, 6.45) is 2.00. The average Bonchev–Trinajstić information content (AvgIpc) is 2.29. The summed E-state index contributed by atoms with van der Waals surface area (Å²) in [5.74, 6) is -0.777. The van der Waals surface area contributed by atoms with Crippen LogP contribution in [0.3, 0.4) is 0 Å². The molecular formula is C13H19NO2. The summed E-state index contributed by atoms with van der Waals surface area (Å²) < 4.78 is 0. The molecule has 0 fully saturated rings. The average molecular weight is 221 g/mol. The standard InChI is InChI=1S/C13H19NO2/c1-3-9-13(14-2,12(15)16)10-11-7-5-4-6-8-11/h4-8,14H,3,9-10H2,1-2H3,(H,15,16). The Kier molecular flexibility index (Phi) is 4.50. The van der Waals surface area contributed by atoms with E-state index >= 15 is 0 Å². The topological polar surface area (TPSA) is 49.3 Å². The largest absolute Gasteiger partial charge is 0.480 e. The fraction of sp³-hybridized carbons (Fsp3) is 0.462. The maximum atomic E-state index is 11.4. The van der Waals surface area contributed by atoms with Gasteiger partial charge >= 0.3 is 5.97 Å². The third-order valence-electron chi connectivity index (χ3n) is 2.91. The highest BCUT2D eigenvalue weighted by Gasteiger charge is 2.35. The van der Waals surface area contributed by atoms with E-state index in [0.29, 0.717) is 12.8 Å². The van der Waals surface area contributed by atoms with E-state index in [2.05, 4.69) is 5.32 Å². The summed E-state index contributed by atoms with van der Waals surface area (Å²) >= 11 is 0. The van der Waals surface area contributed by atoms with Crippen molar-refractivity contribution < 1.29 is 9.90 Å². The van der Waals surface area contributed by atoms with Crippen molar-refractivity contribution >= 4 is 5.97 Å². The van der Waals surface area contributed by atoms with Crippen LogP contribution in [-0.4, -0.2) is 23.7 Å². The molecule has 1 unspecified atom stereocenters. The quantitative estimate of drug-likeness (QED) is 0.773. The molecule has 88 valence electrons. The van der Waals surface area contributed by atoms with Crippen LogP contribution in [0.15, 0.2) is 30.3 Å². The highest BCUT2D eigenvalue weighted by atomic mass is 16.4. The summed E-state index contributed by atoms with van der Waals surface area (Å²) in [6.45, 7) is 2.00. The first-order valence-corrected chi connectivity index (χ1v) is 5.61. The molecule has 1 rings (SSSR count). The van der Waals surface area contributed by atoms with Gasteiger partial charge in [-0.1, -0.05) is 43.7 Å². The number of hydrogen-bond donors (Lipinski definition) is 2. The van der Waals surface area contributed by atoms with Gasteiger partial charge in [-0.2, -0.15) is 0 Å². The molecule has 16 heavy (non-hydrogen) atoms. The number of nitrogens with one attached hydrogen (secondary N) is 1. The van der Waals surface area contributed by atoms with E-state index in [1.807, 2.05) is 37.3 Å². The predicted octanol–water partition coefficient (Wildman–Crippen LogP) is 2.07. The van der Waals surface area contributed by atoms with Crippen molar-refractivity contribution in [2.75, 3.05) is 7.05 Å². The molecule has 0 aliphatic carbocycles. The van der Waals surface area contributed by atoms with Gasteiger partial charge in [-0.3, -0.25) is 4.79 Å². The molecule has 0 aliphatic heterocycles. The molecule has 0 saturated heterocycles. The minimum atomic E-state index is -0.837. The molecule has 2 N–H and O–H groups in total. The van der Waals surface area contributed by atoms with Crippen molar-refractivity contribution in [3.8, 4) is 0 Å². The Labute approximate surface area is 96.5 Å². The van der Waals surface area contributed by atoms with Crippen molar-refractivity contribution in [3.63, 3.8) is 0 Å². The molecule has 0 aromatic heterocycles. The number of benzene rings is 1. The zero-order valence-electron chi connectivity index (χ0n) is 9.86. The molecular weight excluding hydrogens is 202 g/mol. The Bertz CT molecular complexity index is 337. The first-order chi connectivity index (χ1) is 7.64. The SMILES string of the molecule is CCCC(Cc1ccccc1)(NC)C(=O)O. The van der Waals surface area contributed by atoms with Crippen molar-refractivity contribution in [3.05, 3.63) is 35.9 Å². The third kappa shape index (κ3) is 2.83. The lowest BCUT2D eigenvalue weighted by atomic mass is 9.86. The molecule has 0 amide bonds. The van der Waals surface area contributed by atoms with Crippen LogP contribution >= 0.6 is 0 Å². The molecule has 1 atom stereocenters. The van der Waals surface area contributed by atoms with Crippen LogP contribution < -0.4 is 5.32 Å². The van der Waals surface area contributed by atoms with Crippen molar-refractivity contribution in [2.24, 2.45) is 0 Å². The van der Waals surface area contributed by atoms with E-state index in [4.69, 9.17) is 0 Å². The van der Waals surface area contributed by atoms with Gasteiger partial charge in [-0.15, -0.1) is 0 Å². The minimum absolute atomic E-state index is 0.521. The molecule has 0 bridgehead atoms. The zero-order valence-corrected chi connectivity index (χ0v) is 9.86. The number of carboxylic acid groups (broad SMARTS) is 1. The number of carboxylic acids is 1. The van der Waals surface area contributed by atoms with Crippen LogP contribution in [0.25, 0.3) is 0 Å². The Morgan fingerprint density at radius 3 is 2.44 bits per heavy atom.